The molecule has 1 unspecified atom stereocenters. The molecule has 2 nitrogen and oxygen atoms in total. The molecule has 0 aromatic rings. The van der Waals surface area contributed by atoms with Crippen LogP contribution in [0.2, 0.25) is 0 Å². The van der Waals surface area contributed by atoms with Crippen LogP contribution < -0.4 is 0 Å². The smallest absolute Gasteiger partial charge is 0.229 e. The van der Waals surface area contributed by atoms with Crippen LogP contribution in [-0.4, -0.2) is 10.9 Å². The first kappa shape index (κ1) is 4.65. The van der Waals surface area contributed by atoms with E-state index in [9.17, 15) is 0 Å². The van der Waals surface area contributed by atoms with Gasteiger partial charge in [0.25, 0.3) is 0 Å². The predicted octanol–water partition coefficient (Wildman–Crippen LogP) is 0.629. The van der Waals surface area contributed by atoms with Crippen molar-refractivity contribution in [2.24, 2.45) is 0 Å². The minimum Gasteiger partial charge on any atom is -0.466 e. The van der Waals surface area contributed by atoms with Crippen molar-refractivity contribution in [3.63, 3.8) is 0 Å². The van der Waals surface area contributed by atoms with Gasteiger partial charge < -0.3 is 9.84 Å². The maximum Gasteiger partial charge on any atom is 0.229 e. The molecule has 0 spiro atoms. The molecule has 1 aliphatic heterocycles. The second kappa shape index (κ2) is 1.23. The van der Waals surface area contributed by atoms with Crippen molar-refractivity contribution in [3.05, 3.63) is 12.3 Å². The minimum atomic E-state index is -0.917. The van der Waals surface area contributed by atoms with E-state index in [-0.39, 0.29) is 0 Å². The highest BCUT2D eigenvalue weighted by atomic mass is 16.6. The third-order valence-electron chi connectivity index (χ3n) is 1.11. The lowest BCUT2D eigenvalue weighted by Gasteiger charge is -2.28. The van der Waals surface area contributed by atoms with Crippen molar-refractivity contribution in [2.75, 3.05) is 0 Å². The van der Waals surface area contributed by atoms with Crippen molar-refractivity contribution in [2.45, 2.75) is 19.1 Å². The average molecular weight is 100 g/mol. The van der Waals surface area contributed by atoms with E-state index in [0.29, 0.717) is 6.42 Å². The van der Waals surface area contributed by atoms with Crippen LogP contribution in [0.4, 0.5) is 0 Å². The fraction of sp³-hybridized carbons (Fsp3) is 0.600. The predicted molar refractivity (Wildman–Crippen MR) is 25.5 cm³/mol. The summed E-state index contributed by atoms with van der Waals surface area (Å²) in [5.74, 6) is -0.917. The monoisotopic (exact) mass is 100 g/mol. The molecule has 0 aromatic carbocycles. The Kier molecular flexibility index (Phi) is 0.820. The van der Waals surface area contributed by atoms with E-state index in [1.54, 1.807) is 6.08 Å². The fourth-order valence-corrected chi connectivity index (χ4v) is 0.426. The molecule has 1 N–H and O–H groups in total. The van der Waals surface area contributed by atoms with Gasteiger partial charge in [-0.1, -0.05) is 6.92 Å². The van der Waals surface area contributed by atoms with Crippen LogP contribution in [-0.2, 0) is 4.74 Å². The molecule has 0 radical (unpaired) electrons. The Bertz CT molecular complexity index is 98.3. The molecule has 0 bridgehead atoms. The van der Waals surface area contributed by atoms with Gasteiger partial charge in [-0.15, -0.1) is 0 Å². The van der Waals surface area contributed by atoms with E-state index < -0.39 is 5.79 Å². The number of aliphatic hydroxyl groups is 1. The summed E-state index contributed by atoms with van der Waals surface area (Å²) in [6.07, 6.45) is 3.75. The normalized spacial score (nSPS) is 36.9. The maximum absolute atomic E-state index is 8.91. The van der Waals surface area contributed by atoms with Crippen LogP contribution in [0.25, 0.3) is 0 Å². The summed E-state index contributed by atoms with van der Waals surface area (Å²) in [6.45, 7) is 1.86. The SMILES string of the molecule is CCC1(O)C=CO1. The summed E-state index contributed by atoms with van der Waals surface area (Å²) in [5, 5.41) is 8.91. The van der Waals surface area contributed by atoms with Gasteiger partial charge in [0, 0.05) is 12.5 Å². The lowest BCUT2D eigenvalue weighted by molar-refractivity contribution is -0.159. The summed E-state index contributed by atoms with van der Waals surface area (Å²) in [4.78, 5) is 0. The second-order valence-electron chi connectivity index (χ2n) is 1.62. The van der Waals surface area contributed by atoms with Crippen LogP contribution in [0.3, 0.4) is 0 Å². The average Bonchev–Trinajstić information content (AvgIpc) is 1.61. The van der Waals surface area contributed by atoms with Crippen LogP contribution >= 0.6 is 0 Å². The lowest BCUT2D eigenvalue weighted by Crippen LogP contribution is -2.32. The van der Waals surface area contributed by atoms with Crippen LogP contribution in [0.5, 0.6) is 0 Å². The number of ether oxygens (including phenoxy) is 1. The van der Waals surface area contributed by atoms with E-state index in [1.807, 2.05) is 6.92 Å². The third-order valence-corrected chi connectivity index (χ3v) is 1.11. The first-order chi connectivity index (χ1) is 3.27. The Morgan fingerprint density at radius 3 is 2.43 bits per heavy atom. The van der Waals surface area contributed by atoms with Gasteiger partial charge in [-0.2, -0.15) is 0 Å². The van der Waals surface area contributed by atoms with Gasteiger partial charge in [0.15, 0.2) is 0 Å². The zero-order chi connectivity index (χ0) is 5.33. The van der Waals surface area contributed by atoms with Crippen LogP contribution in [0, 0.1) is 0 Å². The van der Waals surface area contributed by atoms with Gasteiger partial charge >= 0.3 is 0 Å². The quantitative estimate of drug-likeness (QED) is 0.523. The molecule has 0 aromatic heterocycles. The molecule has 7 heavy (non-hydrogen) atoms. The summed E-state index contributed by atoms with van der Waals surface area (Å²) < 4.78 is 4.64. The zero-order valence-electron chi connectivity index (χ0n) is 4.22. The molecule has 0 saturated carbocycles. The van der Waals surface area contributed by atoms with Gasteiger partial charge in [0.05, 0.1) is 6.26 Å². The van der Waals surface area contributed by atoms with Gasteiger partial charge in [-0.3, -0.25) is 0 Å². The molecule has 2 heteroatoms. The first-order valence-corrected chi connectivity index (χ1v) is 2.35. The van der Waals surface area contributed by atoms with Crippen LogP contribution in [0.15, 0.2) is 12.3 Å². The van der Waals surface area contributed by atoms with Gasteiger partial charge in [-0.05, 0) is 0 Å². The molecule has 40 valence electrons. The number of hydrogen-bond acceptors (Lipinski definition) is 2. The van der Waals surface area contributed by atoms with Crippen molar-refractivity contribution in [1.29, 1.82) is 0 Å². The van der Waals surface area contributed by atoms with E-state index in [1.165, 1.54) is 6.26 Å². The fourth-order valence-electron chi connectivity index (χ4n) is 0.426. The summed E-state index contributed by atoms with van der Waals surface area (Å²) in [7, 11) is 0. The van der Waals surface area contributed by atoms with Crippen molar-refractivity contribution >= 4 is 0 Å². The summed E-state index contributed by atoms with van der Waals surface area (Å²) >= 11 is 0. The molecule has 1 aliphatic rings. The molecular formula is C5H8O2. The highest BCUT2D eigenvalue weighted by Gasteiger charge is 2.27. The Morgan fingerprint density at radius 2 is 2.43 bits per heavy atom. The largest absolute Gasteiger partial charge is 0.466 e. The molecular weight excluding hydrogens is 92.1 g/mol. The number of rotatable bonds is 1. The highest BCUT2D eigenvalue weighted by molar-refractivity contribution is 4.99. The number of hydrogen-bond donors (Lipinski definition) is 1. The van der Waals surface area contributed by atoms with Gasteiger partial charge in [0.2, 0.25) is 5.79 Å². The lowest BCUT2D eigenvalue weighted by atomic mass is 10.2. The summed E-state index contributed by atoms with van der Waals surface area (Å²) in [6, 6.07) is 0. The highest BCUT2D eigenvalue weighted by Crippen LogP contribution is 2.21. The maximum atomic E-state index is 8.91. The van der Waals surface area contributed by atoms with Crippen molar-refractivity contribution in [1.82, 2.24) is 0 Å². The Labute approximate surface area is 42.4 Å². The molecule has 0 fully saturated rings. The standard InChI is InChI=1S/C5H8O2/c1-2-5(6)3-4-7-5/h3-4,6H,2H2,1H3. The third kappa shape index (κ3) is 0.611. The second-order valence-corrected chi connectivity index (χ2v) is 1.62. The first-order valence-electron chi connectivity index (χ1n) is 2.35. The molecule has 1 atom stereocenters. The zero-order valence-corrected chi connectivity index (χ0v) is 4.22. The topological polar surface area (TPSA) is 29.5 Å². The van der Waals surface area contributed by atoms with E-state index in [4.69, 9.17) is 5.11 Å². The molecule has 0 amide bonds. The van der Waals surface area contributed by atoms with Gasteiger partial charge in [0.1, 0.15) is 0 Å². The summed E-state index contributed by atoms with van der Waals surface area (Å²) in [5.41, 5.74) is 0. The minimum absolute atomic E-state index is 0.628. The molecule has 0 aliphatic carbocycles. The Balaban J connectivity index is 2.47. The van der Waals surface area contributed by atoms with Gasteiger partial charge in [-0.25, -0.2) is 0 Å². The van der Waals surface area contributed by atoms with Crippen molar-refractivity contribution < 1.29 is 9.84 Å². The molecule has 1 rings (SSSR count). The Hall–Kier alpha value is -0.500. The Morgan fingerprint density at radius 1 is 1.86 bits per heavy atom. The van der Waals surface area contributed by atoms with E-state index in [2.05, 4.69) is 4.74 Å². The van der Waals surface area contributed by atoms with Crippen molar-refractivity contribution in [3.8, 4) is 0 Å². The van der Waals surface area contributed by atoms with E-state index >= 15 is 0 Å². The molecule has 0 saturated heterocycles. The van der Waals surface area contributed by atoms with Crippen LogP contribution in [0.1, 0.15) is 13.3 Å². The van der Waals surface area contributed by atoms with E-state index in [0.717, 1.165) is 0 Å². The molecule has 1 heterocycles.